The van der Waals surface area contributed by atoms with E-state index < -0.39 is 0 Å². The number of hydrogen-bond donors (Lipinski definition) is 1. The SMILES string of the molecule is CCNC(c1ccco1)c1ccc(OC)cc1C. The van der Waals surface area contributed by atoms with Crippen molar-refractivity contribution in [2.75, 3.05) is 13.7 Å². The van der Waals surface area contributed by atoms with Crippen molar-refractivity contribution in [2.45, 2.75) is 19.9 Å². The van der Waals surface area contributed by atoms with Crippen LogP contribution >= 0.6 is 0 Å². The molecule has 0 aliphatic carbocycles. The molecule has 1 unspecified atom stereocenters. The summed E-state index contributed by atoms with van der Waals surface area (Å²) < 4.78 is 10.8. The smallest absolute Gasteiger partial charge is 0.125 e. The standard InChI is InChI=1S/C15H19NO2/c1-4-16-15(14-6-5-9-18-14)13-8-7-12(17-3)10-11(13)2/h5-10,15-16H,4H2,1-3H3. The van der Waals surface area contributed by atoms with E-state index in [4.69, 9.17) is 9.15 Å². The van der Waals surface area contributed by atoms with Crippen LogP contribution in [-0.2, 0) is 0 Å². The first kappa shape index (κ1) is 12.7. The summed E-state index contributed by atoms with van der Waals surface area (Å²) in [5.41, 5.74) is 2.41. The summed E-state index contributed by atoms with van der Waals surface area (Å²) in [5, 5.41) is 3.45. The van der Waals surface area contributed by atoms with Gasteiger partial charge in [0.15, 0.2) is 0 Å². The van der Waals surface area contributed by atoms with Gasteiger partial charge in [-0.2, -0.15) is 0 Å². The Balaban J connectivity index is 2.37. The van der Waals surface area contributed by atoms with Gasteiger partial charge in [0.2, 0.25) is 0 Å². The van der Waals surface area contributed by atoms with Gasteiger partial charge in [-0.25, -0.2) is 0 Å². The Morgan fingerprint density at radius 3 is 2.72 bits per heavy atom. The van der Waals surface area contributed by atoms with E-state index in [0.717, 1.165) is 18.1 Å². The number of nitrogens with one attached hydrogen (secondary N) is 1. The fourth-order valence-electron chi connectivity index (χ4n) is 2.12. The average molecular weight is 245 g/mol. The van der Waals surface area contributed by atoms with Gasteiger partial charge in [0, 0.05) is 0 Å². The average Bonchev–Trinajstić information content (AvgIpc) is 2.90. The summed E-state index contributed by atoms with van der Waals surface area (Å²) in [5.74, 6) is 1.82. The molecule has 0 aliphatic heterocycles. The molecule has 1 heterocycles. The zero-order chi connectivity index (χ0) is 13.0. The molecule has 0 aliphatic rings. The number of methoxy groups -OCH3 is 1. The summed E-state index contributed by atoms with van der Waals surface area (Å²) in [6, 6.07) is 10.1. The second-order valence-corrected chi connectivity index (χ2v) is 4.23. The van der Waals surface area contributed by atoms with Crippen LogP contribution in [0.3, 0.4) is 0 Å². The molecule has 0 bridgehead atoms. The van der Waals surface area contributed by atoms with E-state index in [-0.39, 0.29) is 6.04 Å². The van der Waals surface area contributed by atoms with Crippen molar-refractivity contribution < 1.29 is 9.15 Å². The molecule has 2 rings (SSSR count). The Labute approximate surface area is 108 Å². The number of hydrogen-bond acceptors (Lipinski definition) is 3. The van der Waals surface area contributed by atoms with Gasteiger partial charge in [0.1, 0.15) is 11.5 Å². The highest BCUT2D eigenvalue weighted by Crippen LogP contribution is 2.27. The molecule has 0 fully saturated rings. The van der Waals surface area contributed by atoms with Crippen molar-refractivity contribution in [1.29, 1.82) is 0 Å². The fourth-order valence-corrected chi connectivity index (χ4v) is 2.12. The van der Waals surface area contributed by atoms with Crippen molar-refractivity contribution in [3.8, 4) is 5.75 Å². The van der Waals surface area contributed by atoms with Crippen LogP contribution in [0.15, 0.2) is 41.0 Å². The highest BCUT2D eigenvalue weighted by atomic mass is 16.5. The summed E-state index contributed by atoms with van der Waals surface area (Å²) >= 11 is 0. The van der Waals surface area contributed by atoms with Gasteiger partial charge >= 0.3 is 0 Å². The molecule has 1 N–H and O–H groups in total. The van der Waals surface area contributed by atoms with Gasteiger partial charge in [0.05, 0.1) is 19.4 Å². The molecular weight excluding hydrogens is 226 g/mol. The first-order valence-electron chi connectivity index (χ1n) is 6.17. The Morgan fingerprint density at radius 2 is 2.17 bits per heavy atom. The van der Waals surface area contributed by atoms with E-state index in [9.17, 15) is 0 Å². The van der Waals surface area contributed by atoms with E-state index in [0.29, 0.717) is 0 Å². The summed E-state index contributed by atoms with van der Waals surface area (Å²) in [7, 11) is 1.68. The van der Waals surface area contributed by atoms with E-state index in [1.807, 2.05) is 24.3 Å². The molecule has 0 saturated heterocycles. The van der Waals surface area contributed by atoms with Gasteiger partial charge in [0.25, 0.3) is 0 Å². The van der Waals surface area contributed by atoms with Gasteiger partial charge < -0.3 is 14.5 Å². The van der Waals surface area contributed by atoms with Crippen molar-refractivity contribution >= 4 is 0 Å². The number of furan rings is 1. The molecule has 1 aromatic carbocycles. The Morgan fingerprint density at radius 1 is 1.33 bits per heavy atom. The maximum absolute atomic E-state index is 5.52. The predicted molar refractivity (Wildman–Crippen MR) is 72.0 cm³/mol. The van der Waals surface area contributed by atoms with Crippen LogP contribution in [0.25, 0.3) is 0 Å². The lowest BCUT2D eigenvalue weighted by Gasteiger charge is -2.18. The lowest BCUT2D eigenvalue weighted by atomic mass is 9.99. The second-order valence-electron chi connectivity index (χ2n) is 4.23. The third-order valence-electron chi connectivity index (χ3n) is 3.02. The van der Waals surface area contributed by atoms with Crippen LogP contribution in [-0.4, -0.2) is 13.7 Å². The van der Waals surface area contributed by atoms with Crippen LogP contribution in [0.5, 0.6) is 5.75 Å². The van der Waals surface area contributed by atoms with E-state index in [2.05, 4.69) is 25.2 Å². The maximum atomic E-state index is 5.52. The Kier molecular flexibility index (Phi) is 4.05. The predicted octanol–water partition coefficient (Wildman–Crippen LogP) is 3.30. The molecule has 3 heteroatoms. The molecule has 0 spiro atoms. The van der Waals surface area contributed by atoms with Crippen molar-refractivity contribution in [1.82, 2.24) is 5.32 Å². The number of aryl methyl sites for hydroxylation is 1. The molecule has 0 saturated carbocycles. The van der Waals surface area contributed by atoms with E-state index in [1.54, 1.807) is 13.4 Å². The minimum absolute atomic E-state index is 0.0934. The second kappa shape index (κ2) is 5.74. The number of ether oxygens (including phenoxy) is 1. The lowest BCUT2D eigenvalue weighted by molar-refractivity contribution is 0.413. The molecule has 0 radical (unpaired) electrons. The van der Waals surface area contributed by atoms with Crippen molar-refractivity contribution in [3.05, 3.63) is 53.5 Å². The maximum Gasteiger partial charge on any atom is 0.125 e. The van der Waals surface area contributed by atoms with Crippen LogP contribution in [0.1, 0.15) is 29.9 Å². The molecular formula is C15H19NO2. The molecule has 2 aromatic rings. The van der Waals surface area contributed by atoms with Crippen LogP contribution < -0.4 is 10.1 Å². The number of benzene rings is 1. The summed E-state index contributed by atoms with van der Waals surface area (Å²) in [4.78, 5) is 0. The van der Waals surface area contributed by atoms with E-state index in [1.165, 1.54) is 11.1 Å². The monoisotopic (exact) mass is 245 g/mol. The highest BCUT2D eigenvalue weighted by Gasteiger charge is 2.17. The first-order valence-corrected chi connectivity index (χ1v) is 6.17. The van der Waals surface area contributed by atoms with Crippen LogP contribution in [0, 0.1) is 6.92 Å². The van der Waals surface area contributed by atoms with Gasteiger partial charge in [-0.3, -0.25) is 0 Å². The van der Waals surface area contributed by atoms with Gasteiger partial charge in [-0.05, 0) is 48.9 Å². The topological polar surface area (TPSA) is 34.4 Å². The minimum atomic E-state index is 0.0934. The zero-order valence-electron chi connectivity index (χ0n) is 11.1. The zero-order valence-corrected chi connectivity index (χ0v) is 11.1. The highest BCUT2D eigenvalue weighted by molar-refractivity contribution is 5.39. The lowest BCUT2D eigenvalue weighted by Crippen LogP contribution is -2.22. The Bertz CT molecular complexity index is 491. The summed E-state index contributed by atoms with van der Waals surface area (Å²) in [6.07, 6.45) is 1.71. The molecule has 0 amide bonds. The third-order valence-corrected chi connectivity index (χ3v) is 3.02. The fraction of sp³-hybridized carbons (Fsp3) is 0.333. The molecule has 96 valence electrons. The quantitative estimate of drug-likeness (QED) is 0.877. The third kappa shape index (κ3) is 2.57. The summed E-state index contributed by atoms with van der Waals surface area (Å²) in [6.45, 7) is 5.07. The largest absolute Gasteiger partial charge is 0.497 e. The number of rotatable bonds is 5. The minimum Gasteiger partial charge on any atom is -0.497 e. The Hall–Kier alpha value is -1.74. The van der Waals surface area contributed by atoms with E-state index >= 15 is 0 Å². The normalized spacial score (nSPS) is 12.4. The van der Waals surface area contributed by atoms with Gasteiger partial charge in [-0.15, -0.1) is 0 Å². The molecule has 1 atom stereocenters. The van der Waals surface area contributed by atoms with Gasteiger partial charge in [-0.1, -0.05) is 13.0 Å². The molecule has 3 nitrogen and oxygen atoms in total. The first-order chi connectivity index (χ1) is 8.76. The molecule has 18 heavy (non-hydrogen) atoms. The van der Waals surface area contributed by atoms with Crippen molar-refractivity contribution in [3.63, 3.8) is 0 Å². The van der Waals surface area contributed by atoms with Crippen LogP contribution in [0.2, 0.25) is 0 Å². The molecule has 1 aromatic heterocycles. The van der Waals surface area contributed by atoms with Crippen molar-refractivity contribution in [2.24, 2.45) is 0 Å². The van der Waals surface area contributed by atoms with Crippen LogP contribution in [0.4, 0.5) is 0 Å².